The summed E-state index contributed by atoms with van der Waals surface area (Å²) in [6.45, 7) is 2.15. The van der Waals surface area contributed by atoms with Crippen molar-refractivity contribution < 1.29 is 14.0 Å². The van der Waals surface area contributed by atoms with Crippen LogP contribution in [0.5, 0.6) is 0 Å². The molecule has 5 atom stereocenters. The average molecular weight is 455 g/mol. The fraction of sp³-hybridized carbons (Fsp3) is 0.500. The maximum Gasteiger partial charge on any atom is 0.225 e. The van der Waals surface area contributed by atoms with E-state index >= 15 is 0 Å². The van der Waals surface area contributed by atoms with Crippen LogP contribution in [0.2, 0.25) is 5.02 Å². The molecule has 1 amide bonds. The molecule has 1 aromatic carbocycles. The Balaban J connectivity index is 1.33. The maximum absolute atomic E-state index is 13.8. The Morgan fingerprint density at radius 3 is 2.97 bits per heavy atom. The highest BCUT2D eigenvalue weighted by Crippen LogP contribution is 2.62. The third kappa shape index (κ3) is 3.64. The quantitative estimate of drug-likeness (QED) is 0.621. The molecule has 5 rings (SSSR count). The molecule has 1 heterocycles. The van der Waals surface area contributed by atoms with Crippen molar-refractivity contribution in [2.45, 2.75) is 57.8 Å². The number of fused-ring (bicyclic) bond motifs is 5. The number of hydrogen-bond donors (Lipinski definition) is 1. The Kier molecular flexibility index (Phi) is 5.56. The number of ketones is 1. The van der Waals surface area contributed by atoms with E-state index in [0.717, 1.165) is 30.7 Å². The van der Waals surface area contributed by atoms with Crippen LogP contribution >= 0.6 is 11.6 Å². The van der Waals surface area contributed by atoms with Crippen molar-refractivity contribution in [3.63, 3.8) is 0 Å². The van der Waals surface area contributed by atoms with E-state index in [1.54, 1.807) is 0 Å². The van der Waals surface area contributed by atoms with Crippen molar-refractivity contribution in [2.75, 3.05) is 5.32 Å². The van der Waals surface area contributed by atoms with E-state index in [0.29, 0.717) is 30.5 Å². The minimum Gasteiger partial charge on any atom is -0.308 e. The largest absolute Gasteiger partial charge is 0.308 e. The smallest absolute Gasteiger partial charge is 0.225 e. The number of amides is 1. The van der Waals surface area contributed by atoms with Crippen molar-refractivity contribution in [1.29, 1.82) is 0 Å². The number of halogens is 2. The standard InChI is InChI=1S/C26H28ClFN2O2/c1-26-11-10-19-18-8-6-17(27)13-15(18)4-7-20(19)24(26)16(14-22(26)31)5-9-23(32)30-25-21(28)3-2-12-29-25/h2-3,6,8,12-13,16,19-20,24H,4-5,7,9-11,14H2,1H3,(H,29,30,32)/t16-,19?,20?,24?,26-/m1/s1. The van der Waals surface area contributed by atoms with Crippen LogP contribution in [0, 0.1) is 29.0 Å². The number of pyridine rings is 1. The predicted molar refractivity (Wildman–Crippen MR) is 122 cm³/mol. The van der Waals surface area contributed by atoms with Crippen LogP contribution in [0.4, 0.5) is 10.2 Å². The van der Waals surface area contributed by atoms with Crippen LogP contribution < -0.4 is 5.32 Å². The van der Waals surface area contributed by atoms with Gasteiger partial charge in [-0.05, 0) is 91.2 Å². The van der Waals surface area contributed by atoms with Crippen LogP contribution in [0.1, 0.15) is 62.5 Å². The van der Waals surface area contributed by atoms with Gasteiger partial charge in [-0.3, -0.25) is 9.59 Å². The lowest BCUT2D eigenvalue weighted by molar-refractivity contribution is -0.129. The van der Waals surface area contributed by atoms with Gasteiger partial charge in [0.15, 0.2) is 11.6 Å². The van der Waals surface area contributed by atoms with Gasteiger partial charge >= 0.3 is 0 Å². The average Bonchev–Trinajstić information content (AvgIpc) is 3.03. The van der Waals surface area contributed by atoms with Crippen molar-refractivity contribution >= 4 is 29.1 Å². The fourth-order valence-electron chi connectivity index (χ4n) is 6.86. The molecule has 3 aliphatic carbocycles. The summed E-state index contributed by atoms with van der Waals surface area (Å²) in [6, 6.07) is 9.03. The van der Waals surface area contributed by atoms with Crippen molar-refractivity contribution in [1.82, 2.24) is 4.98 Å². The monoisotopic (exact) mass is 454 g/mol. The van der Waals surface area contributed by atoms with Gasteiger partial charge in [0.2, 0.25) is 5.91 Å². The molecule has 0 saturated heterocycles. The first-order valence-electron chi connectivity index (χ1n) is 11.6. The summed E-state index contributed by atoms with van der Waals surface area (Å²) in [5, 5.41) is 3.36. The summed E-state index contributed by atoms with van der Waals surface area (Å²) < 4.78 is 13.8. The molecule has 0 spiro atoms. The number of aryl methyl sites for hydroxylation is 1. The van der Waals surface area contributed by atoms with E-state index < -0.39 is 5.82 Å². The molecule has 3 aliphatic rings. The first-order valence-corrected chi connectivity index (χ1v) is 12.0. The number of anilines is 1. The van der Waals surface area contributed by atoms with Gasteiger partial charge in [-0.25, -0.2) is 9.37 Å². The molecule has 2 fully saturated rings. The van der Waals surface area contributed by atoms with Crippen LogP contribution in [0.25, 0.3) is 0 Å². The second-order valence-electron chi connectivity index (χ2n) is 9.94. The molecule has 1 N–H and O–H groups in total. The number of hydrogen-bond acceptors (Lipinski definition) is 3. The van der Waals surface area contributed by atoms with Gasteiger partial charge in [-0.2, -0.15) is 0 Å². The number of benzene rings is 1. The second-order valence-corrected chi connectivity index (χ2v) is 10.4. The minimum absolute atomic E-state index is 0.0369. The summed E-state index contributed by atoms with van der Waals surface area (Å²) >= 11 is 6.23. The van der Waals surface area contributed by atoms with Gasteiger partial charge in [0.05, 0.1) is 0 Å². The van der Waals surface area contributed by atoms with Crippen LogP contribution in [-0.4, -0.2) is 16.7 Å². The zero-order chi connectivity index (χ0) is 22.5. The highest BCUT2D eigenvalue weighted by Gasteiger charge is 2.58. The molecule has 168 valence electrons. The van der Waals surface area contributed by atoms with E-state index in [2.05, 4.69) is 29.4 Å². The number of carbonyl (C=O) groups is 2. The minimum atomic E-state index is -0.541. The molecular formula is C26H28ClFN2O2. The number of nitrogens with one attached hydrogen (secondary N) is 1. The second kappa shape index (κ2) is 8.26. The Labute approximate surface area is 193 Å². The third-order valence-corrected chi connectivity index (χ3v) is 8.53. The fourth-order valence-corrected chi connectivity index (χ4v) is 7.06. The zero-order valence-electron chi connectivity index (χ0n) is 18.2. The number of Topliss-reactive ketones (excluding diaryl/α,β-unsaturated/α-hetero) is 1. The third-order valence-electron chi connectivity index (χ3n) is 8.29. The van der Waals surface area contributed by atoms with Gasteiger partial charge in [-0.1, -0.05) is 24.6 Å². The van der Waals surface area contributed by atoms with Crippen molar-refractivity contribution in [2.24, 2.45) is 23.2 Å². The summed E-state index contributed by atoms with van der Waals surface area (Å²) in [4.78, 5) is 29.5. The van der Waals surface area contributed by atoms with Gasteiger partial charge in [0.1, 0.15) is 5.78 Å². The Morgan fingerprint density at radius 2 is 2.16 bits per heavy atom. The number of aromatic nitrogens is 1. The predicted octanol–water partition coefficient (Wildman–Crippen LogP) is 5.94. The van der Waals surface area contributed by atoms with E-state index in [4.69, 9.17) is 11.6 Å². The van der Waals surface area contributed by atoms with E-state index in [1.807, 2.05) is 6.07 Å². The van der Waals surface area contributed by atoms with Gasteiger partial charge in [-0.15, -0.1) is 0 Å². The molecule has 2 aromatic rings. The molecule has 6 heteroatoms. The molecular weight excluding hydrogens is 427 g/mol. The molecule has 0 bridgehead atoms. The zero-order valence-corrected chi connectivity index (χ0v) is 19.0. The van der Waals surface area contributed by atoms with E-state index in [-0.39, 0.29) is 35.4 Å². The lowest BCUT2D eigenvalue weighted by Gasteiger charge is -2.50. The lowest BCUT2D eigenvalue weighted by Crippen LogP contribution is -2.44. The first kappa shape index (κ1) is 21.6. The molecule has 2 saturated carbocycles. The SMILES string of the molecule is C[C@]12CCC3c4ccc(Cl)cc4CCC3C1[C@H](CCC(=O)Nc1ncccc1F)CC2=O. The summed E-state index contributed by atoms with van der Waals surface area (Å²) in [7, 11) is 0. The van der Waals surface area contributed by atoms with Gasteiger partial charge in [0.25, 0.3) is 0 Å². The number of carbonyl (C=O) groups excluding carboxylic acids is 2. The van der Waals surface area contributed by atoms with Gasteiger partial charge in [0, 0.05) is 29.5 Å². The van der Waals surface area contributed by atoms with E-state index in [1.165, 1.54) is 29.5 Å². The van der Waals surface area contributed by atoms with E-state index in [9.17, 15) is 14.0 Å². The summed E-state index contributed by atoms with van der Waals surface area (Å²) in [5.74, 6) is 0.911. The molecule has 32 heavy (non-hydrogen) atoms. The van der Waals surface area contributed by atoms with Crippen LogP contribution in [0.3, 0.4) is 0 Å². The molecule has 0 radical (unpaired) electrons. The highest BCUT2D eigenvalue weighted by molar-refractivity contribution is 6.30. The highest BCUT2D eigenvalue weighted by atomic mass is 35.5. The van der Waals surface area contributed by atoms with Crippen molar-refractivity contribution in [3.05, 3.63) is 58.5 Å². The van der Waals surface area contributed by atoms with Crippen LogP contribution in [-0.2, 0) is 16.0 Å². The molecule has 3 unspecified atom stereocenters. The Hall–Kier alpha value is -2.27. The molecule has 4 nitrogen and oxygen atoms in total. The summed E-state index contributed by atoms with van der Waals surface area (Å²) in [5.41, 5.74) is 2.45. The van der Waals surface area contributed by atoms with Crippen LogP contribution in [0.15, 0.2) is 36.5 Å². The Bertz CT molecular complexity index is 1070. The topological polar surface area (TPSA) is 59.1 Å². The van der Waals surface area contributed by atoms with Crippen molar-refractivity contribution in [3.8, 4) is 0 Å². The Morgan fingerprint density at radius 1 is 1.31 bits per heavy atom. The molecule has 1 aromatic heterocycles. The summed E-state index contributed by atoms with van der Waals surface area (Å²) in [6.07, 6.45) is 6.90. The number of rotatable bonds is 4. The normalized spacial score (nSPS) is 30.9. The van der Waals surface area contributed by atoms with Gasteiger partial charge < -0.3 is 5.32 Å². The maximum atomic E-state index is 13.8. The molecule has 0 aliphatic heterocycles. The number of nitrogens with zero attached hydrogens (tertiary/aromatic N) is 1. The lowest BCUT2D eigenvalue weighted by atomic mass is 9.54. The first-order chi connectivity index (χ1) is 15.4.